The van der Waals surface area contributed by atoms with Gasteiger partial charge in [0, 0.05) is 0 Å². The van der Waals surface area contributed by atoms with E-state index in [0.29, 0.717) is 16.9 Å². The molecule has 5 nitrogen and oxygen atoms in total. The van der Waals surface area contributed by atoms with E-state index in [-0.39, 0.29) is 17.0 Å². The Kier molecular flexibility index (Phi) is 4.03. The molecule has 1 heterocycles. The standard InChI is InChI=1S/C21H15N3O2/c25-20-19(16-10-4-1-5-11-16)21(26)24(18-14-8-3-9-15-18)22-23(20)17-12-6-2-7-13-17/h1-15H/p+1. The largest absolute Gasteiger partial charge is 0.476 e. The molecule has 4 rings (SSSR count). The maximum absolute atomic E-state index is 13.1. The molecule has 0 unspecified atom stereocenters. The Balaban J connectivity index is 2.07. The zero-order chi connectivity index (χ0) is 17.9. The van der Waals surface area contributed by atoms with E-state index in [4.69, 9.17) is 0 Å². The van der Waals surface area contributed by atoms with Crippen molar-refractivity contribution in [2.75, 3.05) is 0 Å². The van der Waals surface area contributed by atoms with Crippen LogP contribution >= 0.6 is 0 Å². The smallest absolute Gasteiger partial charge is 0.374 e. The van der Waals surface area contributed by atoms with Crippen LogP contribution in [0.2, 0.25) is 0 Å². The second-order valence-electron chi connectivity index (χ2n) is 5.75. The van der Waals surface area contributed by atoms with E-state index >= 15 is 0 Å². The molecule has 3 aromatic carbocycles. The van der Waals surface area contributed by atoms with Gasteiger partial charge >= 0.3 is 11.4 Å². The van der Waals surface area contributed by atoms with Gasteiger partial charge in [0.1, 0.15) is 5.21 Å². The van der Waals surface area contributed by atoms with Gasteiger partial charge in [-0.2, -0.15) is 0 Å². The van der Waals surface area contributed by atoms with E-state index in [0.717, 1.165) is 0 Å². The Morgan fingerprint density at radius 3 is 1.92 bits per heavy atom. The topological polar surface area (TPSA) is 59.0 Å². The minimum Gasteiger partial charge on any atom is -0.476 e. The average molecular weight is 342 g/mol. The molecule has 0 aliphatic heterocycles. The lowest BCUT2D eigenvalue weighted by molar-refractivity contribution is -0.674. The minimum absolute atomic E-state index is 0.195. The van der Waals surface area contributed by atoms with Gasteiger partial charge < -0.3 is 5.11 Å². The van der Waals surface area contributed by atoms with Crippen LogP contribution in [-0.4, -0.2) is 15.0 Å². The molecule has 5 heteroatoms. The first-order valence-corrected chi connectivity index (χ1v) is 8.20. The summed E-state index contributed by atoms with van der Waals surface area (Å²) in [5.41, 5.74) is 1.73. The highest BCUT2D eigenvalue weighted by atomic mass is 16.3. The molecule has 4 aromatic rings. The van der Waals surface area contributed by atoms with Gasteiger partial charge in [-0.3, -0.25) is 0 Å². The summed E-state index contributed by atoms with van der Waals surface area (Å²) in [4.78, 5) is 13.1. The highest BCUT2D eigenvalue weighted by Crippen LogP contribution is 2.23. The van der Waals surface area contributed by atoms with E-state index in [1.165, 1.54) is 9.36 Å². The summed E-state index contributed by atoms with van der Waals surface area (Å²) in [6.45, 7) is 0. The Morgan fingerprint density at radius 2 is 1.31 bits per heavy atom. The van der Waals surface area contributed by atoms with Crippen molar-refractivity contribution in [1.82, 2.24) is 9.90 Å². The molecule has 0 saturated carbocycles. The first-order valence-electron chi connectivity index (χ1n) is 8.20. The van der Waals surface area contributed by atoms with Crippen molar-refractivity contribution >= 4 is 0 Å². The zero-order valence-electron chi connectivity index (χ0n) is 13.9. The van der Waals surface area contributed by atoms with Gasteiger partial charge in [-0.1, -0.05) is 76.1 Å². The van der Waals surface area contributed by atoms with E-state index < -0.39 is 0 Å². The highest BCUT2D eigenvalue weighted by molar-refractivity contribution is 5.66. The molecular formula is C21H16N3O2+. The fourth-order valence-corrected chi connectivity index (χ4v) is 2.82. The normalized spacial score (nSPS) is 10.6. The second kappa shape index (κ2) is 6.64. The van der Waals surface area contributed by atoms with Crippen LogP contribution in [0.5, 0.6) is 5.88 Å². The van der Waals surface area contributed by atoms with E-state index in [1.807, 2.05) is 66.7 Å². The molecule has 0 spiro atoms. The maximum atomic E-state index is 13.1. The Bertz CT molecular complexity index is 1090. The average Bonchev–Trinajstić information content (AvgIpc) is 2.70. The van der Waals surface area contributed by atoms with Crippen LogP contribution in [0.4, 0.5) is 0 Å². The van der Waals surface area contributed by atoms with Crippen LogP contribution in [0, 0.1) is 0 Å². The Morgan fingerprint density at radius 1 is 0.769 bits per heavy atom. The maximum Gasteiger partial charge on any atom is 0.374 e. The molecule has 126 valence electrons. The van der Waals surface area contributed by atoms with Crippen molar-refractivity contribution in [3.8, 4) is 28.4 Å². The van der Waals surface area contributed by atoms with Crippen molar-refractivity contribution in [2.24, 2.45) is 0 Å². The number of rotatable bonds is 3. The van der Waals surface area contributed by atoms with E-state index in [1.54, 1.807) is 24.3 Å². The second-order valence-corrected chi connectivity index (χ2v) is 5.75. The molecule has 0 atom stereocenters. The van der Waals surface area contributed by atoms with Crippen molar-refractivity contribution in [3.63, 3.8) is 0 Å². The lowest BCUT2D eigenvalue weighted by atomic mass is 10.1. The molecule has 0 fully saturated rings. The molecule has 0 saturated heterocycles. The van der Waals surface area contributed by atoms with Crippen LogP contribution < -0.4 is 10.2 Å². The number of para-hydroxylation sites is 2. The summed E-state index contributed by atoms with van der Waals surface area (Å²) in [5, 5.41) is 15.2. The quantitative estimate of drug-likeness (QED) is 0.583. The fourth-order valence-electron chi connectivity index (χ4n) is 2.82. The van der Waals surface area contributed by atoms with Gasteiger partial charge in [0.2, 0.25) is 0 Å². The lowest BCUT2D eigenvalue weighted by Gasteiger charge is -2.07. The van der Waals surface area contributed by atoms with Gasteiger partial charge in [0.05, 0.1) is 0 Å². The molecule has 0 amide bonds. The third kappa shape index (κ3) is 2.75. The summed E-state index contributed by atoms with van der Waals surface area (Å²) < 4.78 is 2.67. The zero-order valence-corrected chi connectivity index (χ0v) is 13.9. The highest BCUT2D eigenvalue weighted by Gasteiger charge is 2.26. The third-order valence-electron chi connectivity index (χ3n) is 4.07. The monoisotopic (exact) mass is 342 g/mol. The van der Waals surface area contributed by atoms with E-state index in [2.05, 4.69) is 5.21 Å². The van der Waals surface area contributed by atoms with Crippen molar-refractivity contribution in [2.45, 2.75) is 0 Å². The summed E-state index contributed by atoms with van der Waals surface area (Å²) in [7, 11) is 0. The predicted molar refractivity (Wildman–Crippen MR) is 98.5 cm³/mol. The first-order chi connectivity index (χ1) is 12.8. The van der Waals surface area contributed by atoms with Crippen molar-refractivity contribution in [3.05, 3.63) is 101 Å². The van der Waals surface area contributed by atoms with Crippen molar-refractivity contribution in [1.29, 1.82) is 0 Å². The molecule has 1 aromatic heterocycles. The van der Waals surface area contributed by atoms with Gasteiger partial charge in [0.25, 0.3) is 0 Å². The molecule has 26 heavy (non-hydrogen) atoms. The number of hydrogen-bond acceptors (Lipinski definition) is 3. The summed E-state index contributed by atoms with van der Waals surface area (Å²) in [5.74, 6) is -0.195. The van der Waals surface area contributed by atoms with Crippen LogP contribution in [-0.2, 0) is 0 Å². The van der Waals surface area contributed by atoms with Gasteiger partial charge in [-0.05, 0) is 29.8 Å². The summed E-state index contributed by atoms with van der Waals surface area (Å²) in [6, 6.07) is 27.5. The number of aromatic hydroxyl groups is 1. The predicted octanol–water partition coefficient (Wildman–Crippen LogP) is 2.88. The van der Waals surface area contributed by atoms with Gasteiger partial charge in [-0.15, -0.1) is 0 Å². The van der Waals surface area contributed by atoms with Crippen molar-refractivity contribution < 1.29 is 9.79 Å². The number of aromatic nitrogens is 3. The SMILES string of the molecule is O=c1c(-c2ccccc2)c(O)[n+](-c2ccccc2)nn1-c1ccccc1. The van der Waals surface area contributed by atoms with Gasteiger partial charge in [0.15, 0.2) is 16.9 Å². The lowest BCUT2D eigenvalue weighted by Crippen LogP contribution is -2.44. The molecule has 0 aliphatic carbocycles. The minimum atomic E-state index is -0.382. The molecular weight excluding hydrogens is 326 g/mol. The van der Waals surface area contributed by atoms with Crippen LogP contribution in [0.1, 0.15) is 0 Å². The summed E-state index contributed by atoms with van der Waals surface area (Å²) >= 11 is 0. The Hall–Kier alpha value is -3.73. The molecule has 1 N–H and O–H groups in total. The molecule has 0 radical (unpaired) electrons. The summed E-state index contributed by atoms with van der Waals surface area (Å²) in [6.07, 6.45) is 0. The Labute approximate surface area is 150 Å². The fraction of sp³-hybridized carbons (Fsp3) is 0. The van der Waals surface area contributed by atoms with E-state index in [9.17, 15) is 9.90 Å². The first kappa shape index (κ1) is 15.8. The van der Waals surface area contributed by atoms with Crippen LogP contribution in [0.25, 0.3) is 22.5 Å². The van der Waals surface area contributed by atoms with Crippen LogP contribution in [0.15, 0.2) is 95.8 Å². The number of hydrogen-bond donors (Lipinski definition) is 1. The number of nitrogens with zero attached hydrogens (tertiary/aromatic N) is 3. The third-order valence-corrected chi connectivity index (χ3v) is 4.07. The number of benzene rings is 3. The van der Waals surface area contributed by atoms with Gasteiger partial charge in [-0.25, -0.2) is 4.79 Å². The molecule has 0 bridgehead atoms. The van der Waals surface area contributed by atoms with Crippen LogP contribution in [0.3, 0.4) is 0 Å². The molecule has 0 aliphatic rings.